The quantitative estimate of drug-likeness (QED) is 0.590. The molecule has 8 heteroatoms. The van der Waals surface area contributed by atoms with Crippen molar-refractivity contribution < 1.29 is 18.4 Å². The first kappa shape index (κ1) is 14.9. The van der Waals surface area contributed by atoms with Gasteiger partial charge in [-0.2, -0.15) is 0 Å². The molecule has 0 aromatic heterocycles. The van der Waals surface area contributed by atoms with Crippen LogP contribution in [0.4, 0.5) is 14.5 Å². The fraction of sp³-hybridized carbons (Fsp3) is 0.333. The van der Waals surface area contributed by atoms with Crippen molar-refractivity contribution in [2.75, 3.05) is 31.5 Å². The van der Waals surface area contributed by atoms with Gasteiger partial charge in [0.1, 0.15) is 11.6 Å². The maximum absolute atomic E-state index is 13.6. The highest BCUT2D eigenvalue weighted by Gasteiger charge is 2.24. The maximum Gasteiger partial charge on any atom is 0.313 e. The summed E-state index contributed by atoms with van der Waals surface area (Å²) in [4.78, 5) is 24.9. The average Bonchev–Trinajstić information content (AvgIpc) is 2.44. The van der Waals surface area contributed by atoms with Crippen LogP contribution in [0.5, 0.6) is 0 Å². The molecule has 1 aliphatic rings. The van der Waals surface area contributed by atoms with Crippen LogP contribution in [0.1, 0.15) is 0 Å². The molecule has 108 valence electrons. The minimum absolute atomic E-state index is 0.0542. The highest BCUT2D eigenvalue weighted by atomic mass is 79.9. The molecular weight excluding hydrogens is 336 g/mol. The van der Waals surface area contributed by atoms with Crippen molar-refractivity contribution in [2.24, 2.45) is 0 Å². The fourth-order valence-corrected chi connectivity index (χ4v) is 2.12. The topological polar surface area (TPSA) is 61.4 Å². The molecule has 1 saturated heterocycles. The number of anilines is 1. The lowest BCUT2D eigenvalue weighted by molar-refractivity contribution is -0.143. The molecule has 0 saturated carbocycles. The van der Waals surface area contributed by atoms with Gasteiger partial charge in [0, 0.05) is 32.2 Å². The van der Waals surface area contributed by atoms with Crippen molar-refractivity contribution in [1.29, 1.82) is 0 Å². The minimum atomic E-state index is -0.979. The summed E-state index contributed by atoms with van der Waals surface area (Å²) >= 11 is 2.83. The first-order valence-electron chi connectivity index (χ1n) is 5.94. The highest BCUT2D eigenvalue weighted by molar-refractivity contribution is 9.10. The molecule has 1 aromatic rings. The zero-order chi connectivity index (χ0) is 14.7. The van der Waals surface area contributed by atoms with E-state index < -0.39 is 23.4 Å². The van der Waals surface area contributed by atoms with Gasteiger partial charge in [-0.05, 0) is 22.0 Å². The third-order valence-corrected chi connectivity index (χ3v) is 3.46. The molecule has 0 aliphatic carbocycles. The summed E-state index contributed by atoms with van der Waals surface area (Å²) < 4.78 is 26.8. The number of nitrogens with one attached hydrogen (secondary N) is 2. The lowest BCUT2D eigenvalue weighted by atomic mass is 10.3. The van der Waals surface area contributed by atoms with E-state index in [9.17, 15) is 18.4 Å². The summed E-state index contributed by atoms with van der Waals surface area (Å²) in [5, 5.41) is 5.13. The largest absolute Gasteiger partial charge is 0.332 e. The van der Waals surface area contributed by atoms with E-state index in [1.807, 2.05) is 0 Å². The Balaban J connectivity index is 2.07. The van der Waals surface area contributed by atoms with Crippen LogP contribution in [0.3, 0.4) is 0 Å². The van der Waals surface area contributed by atoms with Gasteiger partial charge in [0.05, 0.1) is 10.2 Å². The molecular formula is C12H12BrF2N3O2. The van der Waals surface area contributed by atoms with Crippen LogP contribution in [0, 0.1) is 11.6 Å². The molecule has 0 unspecified atom stereocenters. The Kier molecular flexibility index (Phi) is 4.66. The summed E-state index contributed by atoms with van der Waals surface area (Å²) in [5.74, 6) is -3.28. The number of rotatable bonds is 1. The Hall–Kier alpha value is -1.54. The van der Waals surface area contributed by atoms with Crippen LogP contribution in [-0.4, -0.2) is 42.9 Å². The van der Waals surface area contributed by atoms with Crippen molar-refractivity contribution in [3.63, 3.8) is 0 Å². The number of hydrogen-bond donors (Lipinski definition) is 2. The number of halogens is 3. The molecule has 1 aromatic carbocycles. The van der Waals surface area contributed by atoms with Crippen LogP contribution in [-0.2, 0) is 9.59 Å². The number of hydrogen-bond acceptors (Lipinski definition) is 3. The standard InChI is InChI=1S/C12H12BrF2N3O2/c13-7-5-9(15)10(6-8(7)14)17-11(19)12(20)18-3-1-16-2-4-18/h5-6,16H,1-4H2,(H,17,19). The van der Waals surface area contributed by atoms with Gasteiger partial charge in [0.25, 0.3) is 0 Å². The lowest BCUT2D eigenvalue weighted by Gasteiger charge is -2.26. The smallest absolute Gasteiger partial charge is 0.313 e. The molecule has 20 heavy (non-hydrogen) atoms. The van der Waals surface area contributed by atoms with Gasteiger partial charge < -0.3 is 15.5 Å². The number of carbonyl (C=O) groups excluding carboxylic acids is 2. The van der Waals surface area contributed by atoms with Crippen LogP contribution in [0.15, 0.2) is 16.6 Å². The van der Waals surface area contributed by atoms with Crippen molar-refractivity contribution >= 4 is 33.4 Å². The number of nitrogens with zero attached hydrogens (tertiary/aromatic N) is 1. The summed E-state index contributed by atoms with van der Waals surface area (Å²) in [6, 6.07) is 1.71. The zero-order valence-corrected chi connectivity index (χ0v) is 12.0. The van der Waals surface area contributed by atoms with E-state index in [4.69, 9.17) is 0 Å². The molecule has 2 rings (SSSR count). The Morgan fingerprint density at radius 3 is 2.50 bits per heavy atom. The normalized spacial score (nSPS) is 15.1. The highest BCUT2D eigenvalue weighted by Crippen LogP contribution is 2.23. The number of piperazine rings is 1. The second-order valence-corrected chi connectivity index (χ2v) is 5.10. The Morgan fingerprint density at radius 2 is 1.85 bits per heavy atom. The monoisotopic (exact) mass is 347 g/mol. The van der Waals surface area contributed by atoms with E-state index in [-0.39, 0.29) is 10.2 Å². The maximum atomic E-state index is 13.6. The number of benzene rings is 1. The number of amides is 2. The van der Waals surface area contributed by atoms with E-state index in [2.05, 4.69) is 26.6 Å². The minimum Gasteiger partial charge on any atom is -0.332 e. The summed E-state index contributed by atoms with van der Waals surface area (Å²) in [7, 11) is 0. The summed E-state index contributed by atoms with van der Waals surface area (Å²) in [6.45, 7) is 2.01. The fourth-order valence-electron chi connectivity index (χ4n) is 1.81. The van der Waals surface area contributed by atoms with Gasteiger partial charge in [-0.1, -0.05) is 0 Å². The molecule has 2 N–H and O–H groups in total. The molecule has 0 bridgehead atoms. The molecule has 5 nitrogen and oxygen atoms in total. The SMILES string of the molecule is O=C(Nc1cc(F)c(Br)cc1F)C(=O)N1CCNCC1. The van der Waals surface area contributed by atoms with Gasteiger partial charge in [-0.15, -0.1) is 0 Å². The molecule has 1 fully saturated rings. The van der Waals surface area contributed by atoms with E-state index in [1.165, 1.54) is 4.90 Å². The van der Waals surface area contributed by atoms with E-state index >= 15 is 0 Å². The molecule has 2 amide bonds. The second kappa shape index (κ2) is 6.27. The number of carbonyl (C=O) groups is 2. The third-order valence-electron chi connectivity index (χ3n) is 2.86. The predicted octanol–water partition coefficient (Wildman–Crippen LogP) is 1.10. The second-order valence-electron chi connectivity index (χ2n) is 4.24. The Morgan fingerprint density at radius 1 is 1.20 bits per heavy atom. The zero-order valence-electron chi connectivity index (χ0n) is 10.4. The average molecular weight is 348 g/mol. The predicted molar refractivity (Wildman–Crippen MR) is 72.1 cm³/mol. The van der Waals surface area contributed by atoms with Crippen LogP contribution < -0.4 is 10.6 Å². The Labute approximate surface area is 122 Å². The molecule has 1 aliphatic heterocycles. The van der Waals surface area contributed by atoms with Crippen LogP contribution in [0.2, 0.25) is 0 Å². The first-order chi connectivity index (χ1) is 9.49. The Bertz CT molecular complexity index is 548. The molecule has 0 atom stereocenters. The molecule has 0 spiro atoms. The van der Waals surface area contributed by atoms with E-state index in [0.717, 1.165) is 12.1 Å². The third kappa shape index (κ3) is 3.31. The van der Waals surface area contributed by atoms with Crippen molar-refractivity contribution in [3.05, 3.63) is 28.2 Å². The van der Waals surface area contributed by atoms with Crippen LogP contribution in [0.25, 0.3) is 0 Å². The molecule has 0 radical (unpaired) electrons. The van der Waals surface area contributed by atoms with E-state index in [0.29, 0.717) is 26.2 Å². The summed E-state index contributed by atoms with van der Waals surface area (Å²) in [5.41, 5.74) is -0.362. The van der Waals surface area contributed by atoms with Gasteiger partial charge >= 0.3 is 11.8 Å². The van der Waals surface area contributed by atoms with Crippen molar-refractivity contribution in [1.82, 2.24) is 10.2 Å². The van der Waals surface area contributed by atoms with Gasteiger partial charge in [0.2, 0.25) is 0 Å². The van der Waals surface area contributed by atoms with Gasteiger partial charge in [0.15, 0.2) is 0 Å². The lowest BCUT2D eigenvalue weighted by Crippen LogP contribution is -2.49. The van der Waals surface area contributed by atoms with E-state index in [1.54, 1.807) is 0 Å². The first-order valence-corrected chi connectivity index (χ1v) is 6.74. The van der Waals surface area contributed by atoms with Gasteiger partial charge in [-0.25, -0.2) is 8.78 Å². The van der Waals surface area contributed by atoms with Crippen LogP contribution >= 0.6 is 15.9 Å². The summed E-state index contributed by atoms with van der Waals surface area (Å²) in [6.07, 6.45) is 0. The van der Waals surface area contributed by atoms with Crippen molar-refractivity contribution in [3.8, 4) is 0 Å². The van der Waals surface area contributed by atoms with Crippen molar-refractivity contribution in [2.45, 2.75) is 0 Å². The molecule has 1 heterocycles. The van der Waals surface area contributed by atoms with Gasteiger partial charge in [-0.3, -0.25) is 9.59 Å².